The number of benzene rings is 2. The van der Waals surface area contributed by atoms with Crippen molar-refractivity contribution in [2.24, 2.45) is 0 Å². The maximum Gasteiger partial charge on any atom is 0.416 e. The van der Waals surface area contributed by atoms with Gasteiger partial charge in [0.1, 0.15) is 5.60 Å². The van der Waals surface area contributed by atoms with E-state index in [1.165, 1.54) is 19.1 Å². The largest absolute Gasteiger partial charge is 0.493 e. The van der Waals surface area contributed by atoms with Crippen molar-refractivity contribution in [2.45, 2.75) is 70.6 Å². The van der Waals surface area contributed by atoms with E-state index < -0.39 is 66.4 Å². The lowest BCUT2D eigenvalue weighted by Gasteiger charge is -2.40. The molecular formula is C28H32F6N2O6. The number of nitrogens with zero attached hydrogens (tertiary/aromatic N) is 1. The third-order valence-electron chi connectivity index (χ3n) is 6.34. The number of anilines is 1. The summed E-state index contributed by atoms with van der Waals surface area (Å²) in [6, 6.07) is 3.18. The van der Waals surface area contributed by atoms with Crippen LogP contribution in [0.2, 0.25) is 0 Å². The first-order valence-electron chi connectivity index (χ1n) is 12.8. The van der Waals surface area contributed by atoms with Crippen molar-refractivity contribution in [2.75, 3.05) is 25.7 Å². The monoisotopic (exact) mass is 606 g/mol. The molecule has 0 aliphatic carbocycles. The molecule has 0 radical (unpaired) electrons. The molecule has 0 spiro atoms. The highest BCUT2D eigenvalue weighted by molar-refractivity contribution is 5.91. The number of nitrogens with one attached hydrogen (secondary N) is 1. The minimum Gasteiger partial charge on any atom is -0.493 e. The Hall–Kier alpha value is -3.84. The molecule has 0 saturated heterocycles. The molecule has 2 aromatic carbocycles. The van der Waals surface area contributed by atoms with E-state index in [4.69, 9.17) is 18.9 Å². The molecule has 0 fully saturated rings. The highest BCUT2D eigenvalue weighted by atomic mass is 19.4. The molecule has 2 aromatic rings. The first-order valence-corrected chi connectivity index (χ1v) is 12.8. The summed E-state index contributed by atoms with van der Waals surface area (Å²) in [6.45, 7) is 6.42. The van der Waals surface area contributed by atoms with E-state index in [2.05, 4.69) is 5.32 Å². The fourth-order valence-corrected chi connectivity index (χ4v) is 4.52. The van der Waals surface area contributed by atoms with Crippen molar-refractivity contribution in [3.05, 3.63) is 52.6 Å². The third kappa shape index (κ3) is 7.91. The molecule has 0 aromatic heterocycles. The Bertz CT molecular complexity index is 1270. The number of rotatable bonds is 6. The van der Waals surface area contributed by atoms with E-state index in [1.807, 2.05) is 0 Å². The molecule has 8 nitrogen and oxygen atoms in total. The second-order valence-electron chi connectivity index (χ2n) is 10.7. The van der Waals surface area contributed by atoms with Gasteiger partial charge >= 0.3 is 24.5 Å². The zero-order valence-electron chi connectivity index (χ0n) is 23.8. The normalized spacial score (nSPS) is 17.3. The Balaban J connectivity index is 1.81. The van der Waals surface area contributed by atoms with Crippen molar-refractivity contribution < 1.29 is 54.9 Å². The lowest BCUT2D eigenvalue weighted by Crippen LogP contribution is -2.48. The zero-order chi connectivity index (χ0) is 31.6. The van der Waals surface area contributed by atoms with Gasteiger partial charge in [0.05, 0.1) is 43.7 Å². The van der Waals surface area contributed by atoms with Gasteiger partial charge in [-0.3, -0.25) is 4.90 Å². The van der Waals surface area contributed by atoms with Crippen LogP contribution in [-0.2, 0) is 28.2 Å². The van der Waals surface area contributed by atoms with E-state index in [1.54, 1.807) is 39.8 Å². The van der Waals surface area contributed by atoms with Crippen LogP contribution in [0.1, 0.15) is 62.4 Å². The topological polar surface area (TPSA) is 86.3 Å². The maximum atomic E-state index is 13.1. The Morgan fingerprint density at radius 1 is 0.905 bits per heavy atom. The van der Waals surface area contributed by atoms with Gasteiger partial charge in [-0.15, -0.1) is 0 Å². The van der Waals surface area contributed by atoms with Gasteiger partial charge in [-0.25, -0.2) is 9.59 Å². The minimum absolute atomic E-state index is 0.0303. The maximum absolute atomic E-state index is 13.1. The minimum atomic E-state index is -4.99. The second kappa shape index (κ2) is 12.2. The number of carbonyl (C=O) groups is 2. The van der Waals surface area contributed by atoms with E-state index in [0.29, 0.717) is 34.9 Å². The van der Waals surface area contributed by atoms with Crippen molar-refractivity contribution in [1.82, 2.24) is 5.32 Å². The fourth-order valence-electron chi connectivity index (χ4n) is 4.52. The van der Waals surface area contributed by atoms with Gasteiger partial charge in [0.25, 0.3) is 0 Å². The van der Waals surface area contributed by atoms with Crippen LogP contribution in [-0.4, -0.2) is 44.7 Å². The molecule has 0 saturated carbocycles. The molecule has 2 atom stereocenters. The molecular weight excluding hydrogens is 574 g/mol. The van der Waals surface area contributed by atoms with Crippen molar-refractivity contribution in [3.8, 4) is 11.5 Å². The van der Waals surface area contributed by atoms with Crippen LogP contribution in [0.15, 0.2) is 30.3 Å². The standard InChI is InChI=1S/C28H32F6N2O6/c1-15-9-20(19-13-22(39-5)23(40-6)14-21(19)36(15)25(38)42-26(2,3)4)35-24(37)41-8-7-16-10-17(27(29,30)31)12-18(11-16)28(32,33)34/h10-15,20H,7-9H2,1-6H3,(H,35,37). The van der Waals surface area contributed by atoms with Crippen LogP contribution >= 0.6 is 0 Å². The van der Waals surface area contributed by atoms with Crippen LogP contribution in [0.4, 0.5) is 41.6 Å². The number of alkyl carbamates (subject to hydrolysis) is 1. The van der Waals surface area contributed by atoms with Crippen molar-refractivity contribution in [1.29, 1.82) is 0 Å². The summed E-state index contributed by atoms with van der Waals surface area (Å²) in [5.41, 5.74) is -3.14. The lowest BCUT2D eigenvalue weighted by atomic mass is 9.91. The smallest absolute Gasteiger partial charge is 0.416 e. The predicted octanol–water partition coefficient (Wildman–Crippen LogP) is 7.29. The van der Waals surface area contributed by atoms with Crippen LogP contribution in [0.3, 0.4) is 0 Å². The summed E-state index contributed by atoms with van der Waals surface area (Å²) >= 11 is 0. The number of amides is 2. The van der Waals surface area contributed by atoms with Gasteiger partial charge < -0.3 is 24.3 Å². The summed E-state index contributed by atoms with van der Waals surface area (Å²) in [7, 11) is 2.83. The van der Waals surface area contributed by atoms with Gasteiger partial charge in [-0.05, 0) is 63.9 Å². The highest BCUT2D eigenvalue weighted by Crippen LogP contribution is 2.44. The Morgan fingerprint density at radius 3 is 1.95 bits per heavy atom. The van der Waals surface area contributed by atoms with E-state index in [9.17, 15) is 35.9 Å². The number of fused-ring (bicyclic) bond motifs is 1. The number of methoxy groups -OCH3 is 2. The lowest BCUT2D eigenvalue weighted by molar-refractivity contribution is -0.143. The molecule has 0 bridgehead atoms. The highest BCUT2D eigenvalue weighted by Gasteiger charge is 2.39. The zero-order valence-corrected chi connectivity index (χ0v) is 23.8. The van der Waals surface area contributed by atoms with Gasteiger partial charge in [-0.1, -0.05) is 0 Å². The van der Waals surface area contributed by atoms with Crippen LogP contribution in [0.5, 0.6) is 11.5 Å². The van der Waals surface area contributed by atoms with Crippen molar-refractivity contribution in [3.63, 3.8) is 0 Å². The van der Waals surface area contributed by atoms with Gasteiger partial charge in [-0.2, -0.15) is 26.3 Å². The number of hydrogen-bond acceptors (Lipinski definition) is 6. The molecule has 1 heterocycles. The number of ether oxygens (including phenoxy) is 4. The summed E-state index contributed by atoms with van der Waals surface area (Å²) < 4.78 is 100. The average Bonchev–Trinajstić information content (AvgIpc) is 2.85. The number of carbonyl (C=O) groups excluding carboxylic acids is 2. The van der Waals surface area contributed by atoms with Gasteiger partial charge in [0.15, 0.2) is 11.5 Å². The van der Waals surface area contributed by atoms with Gasteiger partial charge in [0, 0.05) is 24.1 Å². The van der Waals surface area contributed by atoms with E-state index >= 15 is 0 Å². The third-order valence-corrected chi connectivity index (χ3v) is 6.34. The summed E-state index contributed by atoms with van der Waals surface area (Å²) in [6.07, 6.45) is -11.7. The van der Waals surface area contributed by atoms with Crippen molar-refractivity contribution >= 4 is 17.9 Å². The fraction of sp³-hybridized carbons (Fsp3) is 0.500. The number of hydrogen-bond donors (Lipinski definition) is 1. The van der Waals surface area contributed by atoms with Crippen LogP contribution in [0, 0.1) is 0 Å². The molecule has 1 aliphatic heterocycles. The molecule has 3 rings (SSSR count). The Labute approximate surface area is 238 Å². The van der Waals surface area contributed by atoms with Gasteiger partial charge in [0.2, 0.25) is 0 Å². The number of alkyl halides is 6. The first kappa shape index (κ1) is 32.7. The average molecular weight is 607 g/mol. The molecule has 2 unspecified atom stereocenters. The SMILES string of the molecule is COc1cc2c(cc1OC)N(C(=O)OC(C)(C)C)C(C)CC2NC(=O)OCCc1cc(C(F)(F)F)cc(C(F)(F)F)c1. The molecule has 2 amide bonds. The van der Waals surface area contributed by atoms with Crippen LogP contribution in [0.25, 0.3) is 0 Å². The summed E-state index contributed by atoms with van der Waals surface area (Å²) in [5, 5.41) is 2.66. The first-order chi connectivity index (χ1) is 19.3. The molecule has 232 valence electrons. The molecule has 1 N–H and O–H groups in total. The van der Waals surface area contributed by atoms with Crippen LogP contribution < -0.4 is 19.7 Å². The number of halogens is 6. The summed E-state index contributed by atoms with van der Waals surface area (Å²) in [5.74, 6) is 0.639. The quantitative estimate of drug-likeness (QED) is 0.348. The predicted molar refractivity (Wildman–Crippen MR) is 140 cm³/mol. The summed E-state index contributed by atoms with van der Waals surface area (Å²) in [4.78, 5) is 27.2. The molecule has 42 heavy (non-hydrogen) atoms. The molecule has 14 heteroatoms. The Kier molecular flexibility index (Phi) is 9.47. The van der Waals surface area contributed by atoms with E-state index in [-0.39, 0.29) is 18.1 Å². The van der Waals surface area contributed by atoms with E-state index in [0.717, 1.165) is 0 Å². The molecule has 1 aliphatic rings. The Morgan fingerprint density at radius 2 is 1.45 bits per heavy atom. The second-order valence-corrected chi connectivity index (χ2v) is 10.7.